The number of hydrogen-bond acceptors (Lipinski definition) is 5. The SMILES string of the molecule is COc1ccc(COc2c3ncc(Cc4ccc(F)cc4)cc3c(OC)c3cn(C)c(O)c23)cc1. The summed E-state index contributed by atoms with van der Waals surface area (Å²) < 4.78 is 32.3. The van der Waals surface area contributed by atoms with Gasteiger partial charge in [-0.3, -0.25) is 4.98 Å². The topological polar surface area (TPSA) is 65.7 Å². The van der Waals surface area contributed by atoms with E-state index < -0.39 is 0 Å². The van der Waals surface area contributed by atoms with Gasteiger partial charge in [-0.05, 0) is 53.4 Å². The smallest absolute Gasteiger partial charge is 0.202 e. The van der Waals surface area contributed by atoms with Gasteiger partial charge in [0, 0.05) is 30.2 Å². The lowest BCUT2D eigenvalue weighted by molar-refractivity contribution is 0.311. The molecule has 6 nitrogen and oxygen atoms in total. The zero-order valence-corrected chi connectivity index (χ0v) is 19.7. The molecule has 0 aliphatic rings. The Morgan fingerprint density at radius 1 is 0.886 bits per heavy atom. The standard InChI is InChI=1S/C28H25FN2O4/c1-31-15-23-24(28(31)32)27(35-16-18-6-10-21(33-2)11-7-18)25-22(26(23)34-3)13-19(14-30-25)12-17-4-8-20(29)9-5-17/h4-11,13-15,32H,12,16H2,1-3H3. The lowest BCUT2D eigenvalue weighted by atomic mass is 10.0. The molecule has 1 N–H and O–H groups in total. The van der Waals surface area contributed by atoms with E-state index in [-0.39, 0.29) is 18.3 Å². The van der Waals surface area contributed by atoms with Crippen LogP contribution in [0.15, 0.2) is 67.0 Å². The van der Waals surface area contributed by atoms with E-state index in [2.05, 4.69) is 0 Å². The van der Waals surface area contributed by atoms with Gasteiger partial charge >= 0.3 is 0 Å². The van der Waals surface area contributed by atoms with Crippen molar-refractivity contribution in [1.29, 1.82) is 0 Å². The Kier molecular flexibility index (Phi) is 5.91. The van der Waals surface area contributed by atoms with Crippen LogP contribution in [0, 0.1) is 5.82 Å². The van der Waals surface area contributed by atoms with Gasteiger partial charge in [0.2, 0.25) is 5.88 Å². The number of aryl methyl sites for hydroxylation is 1. The molecular weight excluding hydrogens is 447 g/mol. The molecule has 0 amide bonds. The molecule has 7 heteroatoms. The molecule has 0 saturated carbocycles. The largest absolute Gasteiger partial charge is 0.497 e. The van der Waals surface area contributed by atoms with Crippen LogP contribution in [0.25, 0.3) is 21.7 Å². The van der Waals surface area contributed by atoms with Crippen LogP contribution in [0.2, 0.25) is 0 Å². The molecule has 0 bridgehead atoms. The van der Waals surface area contributed by atoms with Crippen molar-refractivity contribution in [3.8, 4) is 23.1 Å². The quantitative estimate of drug-likeness (QED) is 0.326. The molecule has 178 valence electrons. The first-order valence-corrected chi connectivity index (χ1v) is 11.1. The summed E-state index contributed by atoms with van der Waals surface area (Å²) in [4.78, 5) is 4.72. The Labute approximate surface area is 202 Å². The van der Waals surface area contributed by atoms with Gasteiger partial charge < -0.3 is 23.9 Å². The summed E-state index contributed by atoms with van der Waals surface area (Å²) in [5, 5.41) is 12.9. The number of fused-ring (bicyclic) bond motifs is 2. The fraction of sp³-hybridized carbons (Fsp3) is 0.179. The van der Waals surface area contributed by atoms with Gasteiger partial charge in [0.25, 0.3) is 0 Å². The van der Waals surface area contributed by atoms with Gasteiger partial charge in [0.1, 0.15) is 29.4 Å². The van der Waals surface area contributed by atoms with Crippen LogP contribution in [0.5, 0.6) is 23.1 Å². The molecule has 5 rings (SSSR count). The summed E-state index contributed by atoms with van der Waals surface area (Å²) in [6, 6.07) is 16.0. The molecule has 0 atom stereocenters. The summed E-state index contributed by atoms with van der Waals surface area (Å²) >= 11 is 0. The third-order valence-electron chi connectivity index (χ3n) is 6.09. The molecule has 3 aromatic carbocycles. The number of rotatable bonds is 7. The fourth-order valence-electron chi connectivity index (χ4n) is 4.31. The minimum absolute atomic E-state index is 0.0714. The molecule has 0 spiro atoms. The Balaban J connectivity index is 1.62. The van der Waals surface area contributed by atoms with Crippen LogP contribution < -0.4 is 14.2 Å². The van der Waals surface area contributed by atoms with Crippen molar-refractivity contribution in [3.63, 3.8) is 0 Å². The van der Waals surface area contributed by atoms with Gasteiger partial charge in [-0.1, -0.05) is 24.3 Å². The van der Waals surface area contributed by atoms with E-state index in [1.807, 2.05) is 36.5 Å². The predicted molar refractivity (Wildman–Crippen MR) is 133 cm³/mol. The van der Waals surface area contributed by atoms with E-state index in [9.17, 15) is 9.50 Å². The summed E-state index contributed by atoms with van der Waals surface area (Å²) in [7, 11) is 4.99. The Morgan fingerprint density at radius 3 is 2.29 bits per heavy atom. The summed E-state index contributed by atoms with van der Waals surface area (Å²) in [5.41, 5.74) is 3.46. The Hall–Kier alpha value is -4.26. The molecular formula is C28H25FN2O4. The average molecular weight is 473 g/mol. The Bertz CT molecular complexity index is 1510. The van der Waals surface area contributed by atoms with Gasteiger partial charge in [-0.2, -0.15) is 0 Å². The van der Waals surface area contributed by atoms with Gasteiger partial charge in [0.05, 0.1) is 19.6 Å². The summed E-state index contributed by atoms with van der Waals surface area (Å²) in [6.45, 7) is 0.286. The second-order valence-corrected chi connectivity index (χ2v) is 8.39. The van der Waals surface area contributed by atoms with Gasteiger partial charge in [0.15, 0.2) is 5.75 Å². The molecule has 0 fully saturated rings. The number of pyridine rings is 1. The molecule has 0 radical (unpaired) electrons. The van der Waals surface area contributed by atoms with E-state index in [4.69, 9.17) is 19.2 Å². The second kappa shape index (κ2) is 9.18. The van der Waals surface area contributed by atoms with Crippen molar-refractivity contribution in [2.75, 3.05) is 14.2 Å². The third-order valence-corrected chi connectivity index (χ3v) is 6.09. The maximum Gasteiger partial charge on any atom is 0.202 e. The van der Waals surface area contributed by atoms with Crippen LogP contribution in [-0.2, 0) is 20.1 Å². The van der Waals surface area contributed by atoms with Crippen molar-refractivity contribution in [1.82, 2.24) is 9.55 Å². The van der Waals surface area contributed by atoms with Crippen molar-refractivity contribution in [2.24, 2.45) is 7.05 Å². The highest BCUT2D eigenvalue weighted by molar-refractivity contribution is 6.12. The molecule has 0 unspecified atom stereocenters. The third kappa shape index (κ3) is 4.21. The number of methoxy groups -OCH3 is 2. The number of aromatic nitrogens is 2. The first-order chi connectivity index (χ1) is 17.0. The minimum atomic E-state index is -0.267. The zero-order valence-electron chi connectivity index (χ0n) is 19.7. The molecule has 2 aromatic heterocycles. The van der Waals surface area contributed by atoms with E-state index in [1.54, 1.807) is 44.2 Å². The van der Waals surface area contributed by atoms with Gasteiger partial charge in [-0.25, -0.2) is 4.39 Å². The molecule has 0 saturated heterocycles. The van der Waals surface area contributed by atoms with E-state index >= 15 is 0 Å². The number of nitrogens with zero attached hydrogens (tertiary/aromatic N) is 2. The normalized spacial score (nSPS) is 11.2. The van der Waals surface area contributed by atoms with Crippen LogP contribution >= 0.6 is 0 Å². The highest BCUT2D eigenvalue weighted by Gasteiger charge is 2.23. The first kappa shape index (κ1) is 22.5. The maximum atomic E-state index is 13.3. The molecule has 0 aliphatic carbocycles. The van der Waals surface area contributed by atoms with E-state index in [0.717, 1.165) is 33.2 Å². The second-order valence-electron chi connectivity index (χ2n) is 8.39. The van der Waals surface area contributed by atoms with Crippen molar-refractivity contribution < 1.29 is 23.7 Å². The molecule has 2 heterocycles. The van der Waals surface area contributed by atoms with Crippen molar-refractivity contribution >= 4 is 21.7 Å². The average Bonchev–Trinajstić information content (AvgIpc) is 3.17. The number of ether oxygens (including phenoxy) is 3. The summed E-state index contributed by atoms with van der Waals surface area (Å²) in [6.07, 6.45) is 4.18. The predicted octanol–water partition coefficient (Wildman–Crippen LogP) is 5.76. The summed E-state index contributed by atoms with van der Waals surface area (Å²) in [5.74, 6) is 1.66. The molecule has 5 aromatic rings. The maximum absolute atomic E-state index is 13.3. The van der Waals surface area contributed by atoms with E-state index in [0.29, 0.717) is 28.8 Å². The molecule has 35 heavy (non-hydrogen) atoms. The van der Waals surface area contributed by atoms with E-state index in [1.165, 1.54) is 12.1 Å². The lowest BCUT2D eigenvalue weighted by Gasteiger charge is -2.15. The highest BCUT2D eigenvalue weighted by atomic mass is 19.1. The molecule has 0 aliphatic heterocycles. The van der Waals surface area contributed by atoms with Crippen molar-refractivity contribution in [3.05, 3.63) is 89.5 Å². The number of hydrogen-bond donors (Lipinski definition) is 1. The zero-order chi connectivity index (χ0) is 24.5. The number of aromatic hydroxyl groups is 1. The number of halogens is 1. The van der Waals surface area contributed by atoms with Crippen LogP contribution in [-0.4, -0.2) is 28.9 Å². The van der Waals surface area contributed by atoms with Crippen LogP contribution in [0.4, 0.5) is 4.39 Å². The van der Waals surface area contributed by atoms with Gasteiger partial charge in [-0.15, -0.1) is 0 Å². The van der Waals surface area contributed by atoms with Crippen molar-refractivity contribution in [2.45, 2.75) is 13.0 Å². The van der Waals surface area contributed by atoms with Crippen LogP contribution in [0.3, 0.4) is 0 Å². The monoisotopic (exact) mass is 472 g/mol. The first-order valence-electron chi connectivity index (χ1n) is 11.1. The lowest BCUT2D eigenvalue weighted by Crippen LogP contribution is -2.00. The Morgan fingerprint density at radius 2 is 1.60 bits per heavy atom. The number of benzene rings is 3. The fourth-order valence-corrected chi connectivity index (χ4v) is 4.31. The highest BCUT2D eigenvalue weighted by Crippen LogP contribution is 2.46. The van der Waals surface area contributed by atoms with Crippen LogP contribution in [0.1, 0.15) is 16.7 Å². The minimum Gasteiger partial charge on any atom is -0.497 e.